The zero-order valence-electron chi connectivity index (χ0n) is 8.91. The second-order valence-corrected chi connectivity index (χ2v) is 4.63. The van der Waals surface area contributed by atoms with E-state index < -0.39 is 0 Å². The summed E-state index contributed by atoms with van der Waals surface area (Å²) >= 11 is 0. The standard InChI is InChI=1S/C12H16N2/c1-12(2,3)14-10-7-5-4-6-9(10)8-11(14)13/h4-8H,13H2,1-3H3. The first-order valence-electron chi connectivity index (χ1n) is 4.86. The first-order valence-corrected chi connectivity index (χ1v) is 4.86. The largest absolute Gasteiger partial charge is 0.385 e. The van der Waals surface area contributed by atoms with Crippen molar-refractivity contribution < 1.29 is 0 Å². The van der Waals surface area contributed by atoms with E-state index in [1.165, 1.54) is 10.9 Å². The van der Waals surface area contributed by atoms with Gasteiger partial charge in [-0.2, -0.15) is 0 Å². The van der Waals surface area contributed by atoms with E-state index in [2.05, 4.69) is 37.5 Å². The fourth-order valence-electron chi connectivity index (χ4n) is 1.92. The van der Waals surface area contributed by atoms with Crippen LogP contribution < -0.4 is 5.73 Å². The van der Waals surface area contributed by atoms with Crippen LogP contribution >= 0.6 is 0 Å². The Morgan fingerprint density at radius 3 is 2.43 bits per heavy atom. The molecule has 0 bridgehead atoms. The monoisotopic (exact) mass is 188 g/mol. The third-order valence-corrected chi connectivity index (χ3v) is 2.41. The maximum absolute atomic E-state index is 6.00. The molecule has 2 heteroatoms. The highest BCUT2D eigenvalue weighted by Crippen LogP contribution is 2.28. The minimum atomic E-state index is 0.0349. The number of para-hydroxylation sites is 1. The number of benzene rings is 1. The van der Waals surface area contributed by atoms with Crippen molar-refractivity contribution in [2.75, 3.05) is 5.73 Å². The Morgan fingerprint density at radius 1 is 1.14 bits per heavy atom. The Labute approximate surface area is 84.3 Å². The summed E-state index contributed by atoms with van der Waals surface area (Å²) in [5, 5.41) is 1.21. The van der Waals surface area contributed by atoms with E-state index in [-0.39, 0.29) is 5.54 Å². The molecule has 0 spiro atoms. The van der Waals surface area contributed by atoms with Gasteiger partial charge in [-0.15, -0.1) is 0 Å². The molecule has 0 radical (unpaired) electrons. The minimum Gasteiger partial charge on any atom is -0.385 e. The molecule has 0 saturated heterocycles. The lowest BCUT2D eigenvalue weighted by Crippen LogP contribution is -2.22. The van der Waals surface area contributed by atoms with Crippen LogP contribution in [0.15, 0.2) is 30.3 Å². The average molecular weight is 188 g/mol. The van der Waals surface area contributed by atoms with Gasteiger partial charge in [0.2, 0.25) is 0 Å². The molecular formula is C12H16N2. The molecule has 0 aliphatic heterocycles. The van der Waals surface area contributed by atoms with Crippen LogP contribution in [0.5, 0.6) is 0 Å². The fourth-order valence-corrected chi connectivity index (χ4v) is 1.92. The Morgan fingerprint density at radius 2 is 1.79 bits per heavy atom. The smallest absolute Gasteiger partial charge is 0.104 e. The van der Waals surface area contributed by atoms with Crippen LogP contribution in [0.4, 0.5) is 5.82 Å². The minimum absolute atomic E-state index is 0.0349. The number of nitrogens with two attached hydrogens (primary N) is 1. The van der Waals surface area contributed by atoms with Crippen LogP contribution in [0.2, 0.25) is 0 Å². The summed E-state index contributed by atoms with van der Waals surface area (Å²) in [7, 11) is 0. The van der Waals surface area contributed by atoms with Gasteiger partial charge in [-0.25, -0.2) is 0 Å². The molecule has 0 fully saturated rings. The highest BCUT2D eigenvalue weighted by atomic mass is 15.1. The molecule has 74 valence electrons. The van der Waals surface area contributed by atoms with Crippen molar-refractivity contribution in [1.82, 2.24) is 4.57 Å². The van der Waals surface area contributed by atoms with Crippen LogP contribution in [-0.2, 0) is 5.54 Å². The SMILES string of the molecule is CC(C)(C)n1c(N)cc2ccccc21. The van der Waals surface area contributed by atoms with Crippen LogP contribution in [0.25, 0.3) is 10.9 Å². The molecule has 0 atom stereocenters. The highest BCUT2D eigenvalue weighted by Gasteiger charge is 2.17. The van der Waals surface area contributed by atoms with Crippen molar-refractivity contribution >= 4 is 16.7 Å². The van der Waals surface area contributed by atoms with Gasteiger partial charge in [0.05, 0.1) is 5.52 Å². The third kappa shape index (κ3) is 1.27. The molecule has 1 aromatic heterocycles. The number of nitrogens with zero attached hydrogens (tertiary/aromatic N) is 1. The molecule has 1 heterocycles. The number of anilines is 1. The van der Waals surface area contributed by atoms with Gasteiger partial charge in [-0.1, -0.05) is 18.2 Å². The normalized spacial score (nSPS) is 12.2. The van der Waals surface area contributed by atoms with E-state index in [0.29, 0.717) is 0 Å². The molecule has 0 saturated carbocycles. The molecule has 2 N–H and O–H groups in total. The van der Waals surface area contributed by atoms with Crippen LogP contribution in [0, 0.1) is 0 Å². The van der Waals surface area contributed by atoms with E-state index in [0.717, 1.165) is 5.82 Å². The molecule has 0 unspecified atom stereocenters. The van der Waals surface area contributed by atoms with Crippen molar-refractivity contribution in [3.05, 3.63) is 30.3 Å². The molecule has 0 aliphatic carbocycles. The molecule has 0 aliphatic rings. The number of fused-ring (bicyclic) bond motifs is 1. The summed E-state index contributed by atoms with van der Waals surface area (Å²) in [6.07, 6.45) is 0. The fraction of sp³-hybridized carbons (Fsp3) is 0.333. The van der Waals surface area contributed by atoms with Gasteiger partial charge in [-0.3, -0.25) is 0 Å². The van der Waals surface area contributed by atoms with Gasteiger partial charge in [0.1, 0.15) is 5.82 Å². The van der Waals surface area contributed by atoms with E-state index in [4.69, 9.17) is 5.73 Å². The molecule has 2 rings (SSSR count). The van der Waals surface area contributed by atoms with Crippen LogP contribution in [0.1, 0.15) is 20.8 Å². The summed E-state index contributed by atoms with van der Waals surface area (Å²) in [6, 6.07) is 10.3. The highest BCUT2D eigenvalue weighted by molar-refractivity contribution is 5.84. The lowest BCUT2D eigenvalue weighted by atomic mass is 10.1. The zero-order chi connectivity index (χ0) is 10.3. The van der Waals surface area contributed by atoms with Crippen molar-refractivity contribution in [1.29, 1.82) is 0 Å². The second kappa shape index (κ2) is 2.77. The van der Waals surface area contributed by atoms with Gasteiger partial charge in [0.15, 0.2) is 0 Å². The van der Waals surface area contributed by atoms with Crippen LogP contribution in [0.3, 0.4) is 0 Å². The number of rotatable bonds is 0. The Kier molecular flexibility index (Phi) is 1.81. The topological polar surface area (TPSA) is 30.9 Å². The summed E-state index contributed by atoms with van der Waals surface area (Å²) in [5.41, 5.74) is 7.24. The van der Waals surface area contributed by atoms with Crippen molar-refractivity contribution in [2.24, 2.45) is 0 Å². The van der Waals surface area contributed by atoms with Gasteiger partial charge in [0, 0.05) is 10.9 Å². The number of hydrogen-bond donors (Lipinski definition) is 1. The summed E-state index contributed by atoms with van der Waals surface area (Å²) < 4.78 is 2.17. The van der Waals surface area contributed by atoms with Gasteiger partial charge in [0.25, 0.3) is 0 Å². The number of nitrogen functional groups attached to an aromatic ring is 1. The van der Waals surface area contributed by atoms with Crippen LogP contribution in [-0.4, -0.2) is 4.57 Å². The maximum atomic E-state index is 6.00. The van der Waals surface area contributed by atoms with E-state index >= 15 is 0 Å². The van der Waals surface area contributed by atoms with Crippen molar-refractivity contribution in [3.8, 4) is 0 Å². The Balaban J connectivity index is 2.81. The number of aromatic nitrogens is 1. The maximum Gasteiger partial charge on any atom is 0.104 e. The zero-order valence-corrected chi connectivity index (χ0v) is 8.91. The molecular weight excluding hydrogens is 172 g/mol. The lowest BCUT2D eigenvalue weighted by Gasteiger charge is -2.24. The molecule has 0 amide bonds. The van der Waals surface area contributed by atoms with Gasteiger partial charge in [-0.05, 0) is 32.9 Å². The summed E-state index contributed by atoms with van der Waals surface area (Å²) in [4.78, 5) is 0. The summed E-state index contributed by atoms with van der Waals surface area (Å²) in [6.45, 7) is 6.49. The second-order valence-electron chi connectivity index (χ2n) is 4.63. The number of hydrogen-bond acceptors (Lipinski definition) is 1. The quantitative estimate of drug-likeness (QED) is 0.677. The molecule has 2 nitrogen and oxygen atoms in total. The predicted octanol–water partition coefficient (Wildman–Crippen LogP) is 2.98. The average Bonchev–Trinajstić information content (AvgIpc) is 2.38. The summed E-state index contributed by atoms with van der Waals surface area (Å²) in [5.74, 6) is 0.832. The first kappa shape index (κ1) is 9.13. The van der Waals surface area contributed by atoms with Crippen molar-refractivity contribution in [2.45, 2.75) is 26.3 Å². The van der Waals surface area contributed by atoms with Crippen molar-refractivity contribution in [3.63, 3.8) is 0 Å². The Bertz CT molecular complexity index is 461. The van der Waals surface area contributed by atoms with Gasteiger partial charge >= 0.3 is 0 Å². The lowest BCUT2D eigenvalue weighted by molar-refractivity contribution is 0.416. The van der Waals surface area contributed by atoms with Gasteiger partial charge < -0.3 is 10.3 Å². The molecule has 14 heavy (non-hydrogen) atoms. The third-order valence-electron chi connectivity index (χ3n) is 2.41. The molecule has 2 aromatic rings. The van der Waals surface area contributed by atoms with E-state index in [1.807, 2.05) is 18.2 Å². The Hall–Kier alpha value is -1.44. The first-order chi connectivity index (χ1) is 6.50. The molecule has 1 aromatic carbocycles. The predicted molar refractivity (Wildman–Crippen MR) is 61.3 cm³/mol. The van der Waals surface area contributed by atoms with E-state index in [9.17, 15) is 0 Å². The van der Waals surface area contributed by atoms with E-state index in [1.54, 1.807) is 0 Å².